The number of nitrogens with one attached hydrogen (secondary N) is 1. The van der Waals surface area contributed by atoms with E-state index in [0.29, 0.717) is 40.6 Å². The third kappa shape index (κ3) is 4.41. The van der Waals surface area contributed by atoms with Crippen LogP contribution in [0.3, 0.4) is 0 Å². The topological polar surface area (TPSA) is 77.1 Å². The van der Waals surface area contributed by atoms with Crippen molar-refractivity contribution >= 4 is 17.5 Å². The van der Waals surface area contributed by atoms with Crippen LogP contribution in [-0.4, -0.2) is 43.5 Å². The van der Waals surface area contributed by atoms with E-state index in [1.807, 2.05) is 59.5 Å². The minimum absolute atomic E-state index is 0.0582. The number of amides is 2. The van der Waals surface area contributed by atoms with Gasteiger partial charge < -0.3 is 24.4 Å². The fourth-order valence-electron chi connectivity index (χ4n) is 5.02. The van der Waals surface area contributed by atoms with Gasteiger partial charge in [-0.15, -0.1) is 0 Å². The Balaban J connectivity index is 1.43. The largest absolute Gasteiger partial charge is 0.493 e. The quantitative estimate of drug-likeness (QED) is 0.532. The van der Waals surface area contributed by atoms with Crippen LogP contribution < -0.4 is 19.5 Å². The number of para-hydroxylation sites is 1. The van der Waals surface area contributed by atoms with Gasteiger partial charge in [-0.3, -0.25) is 9.59 Å². The molecule has 2 heterocycles. The van der Waals surface area contributed by atoms with Crippen LogP contribution in [0.15, 0.2) is 66.7 Å². The molecule has 0 bridgehead atoms. The second-order valence-corrected chi connectivity index (χ2v) is 8.76. The minimum atomic E-state index is -0.511. The lowest BCUT2D eigenvalue weighted by atomic mass is 9.78. The number of piperidine rings is 1. The molecule has 3 aromatic carbocycles. The highest BCUT2D eigenvalue weighted by atomic mass is 16.5. The monoisotopic (exact) mass is 472 g/mol. The summed E-state index contributed by atoms with van der Waals surface area (Å²) < 4.78 is 16.8. The molecule has 2 unspecified atom stereocenters. The van der Waals surface area contributed by atoms with Gasteiger partial charge in [0.05, 0.1) is 20.1 Å². The second-order valence-electron chi connectivity index (χ2n) is 8.76. The number of anilines is 1. The SMILES string of the molecule is COc1cc2c(cc1OC)C(C(=O)Nc1ccc(Oc3ccccc3)cc1)C1CCCCN1C2=O. The molecule has 2 aliphatic rings. The lowest BCUT2D eigenvalue weighted by molar-refractivity contribution is -0.119. The van der Waals surface area contributed by atoms with E-state index in [1.165, 1.54) is 7.11 Å². The molecule has 7 nitrogen and oxygen atoms in total. The summed E-state index contributed by atoms with van der Waals surface area (Å²) in [6.07, 6.45) is 2.69. The third-order valence-electron chi connectivity index (χ3n) is 6.70. The van der Waals surface area contributed by atoms with E-state index in [1.54, 1.807) is 19.2 Å². The van der Waals surface area contributed by atoms with Crippen molar-refractivity contribution in [2.75, 3.05) is 26.1 Å². The zero-order chi connectivity index (χ0) is 24.4. The average molecular weight is 473 g/mol. The van der Waals surface area contributed by atoms with E-state index in [4.69, 9.17) is 14.2 Å². The molecule has 180 valence electrons. The Labute approximate surface area is 204 Å². The number of hydrogen-bond donors (Lipinski definition) is 1. The fraction of sp³-hybridized carbons (Fsp3) is 0.286. The molecule has 0 aromatic heterocycles. The molecule has 1 saturated heterocycles. The van der Waals surface area contributed by atoms with Gasteiger partial charge in [-0.25, -0.2) is 0 Å². The van der Waals surface area contributed by atoms with Crippen LogP contribution in [-0.2, 0) is 4.79 Å². The first-order chi connectivity index (χ1) is 17.1. The summed E-state index contributed by atoms with van der Waals surface area (Å²) in [5.74, 6) is 1.68. The maximum absolute atomic E-state index is 13.7. The maximum atomic E-state index is 13.7. The van der Waals surface area contributed by atoms with Gasteiger partial charge in [0.2, 0.25) is 5.91 Å². The van der Waals surface area contributed by atoms with E-state index in [-0.39, 0.29) is 17.9 Å². The van der Waals surface area contributed by atoms with Gasteiger partial charge in [0, 0.05) is 23.8 Å². The first-order valence-electron chi connectivity index (χ1n) is 11.8. The van der Waals surface area contributed by atoms with Gasteiger partial charge in [-0.2, -0.15) is 0 Å². The molecule has 7 heteroatoms. The van der Waals surface area contributed by atoms with Gasteiger partial charge in [0.25, 0.3) is 5.91 Å². The number of ether oxygens (including phenoxy) is 3. The smallest absolute Gasteiger partial charge is 0.254 e. The summed E-state index contributed by atoms with van der Waals surface area (Å²) in [5.41, 5.74) is 1.83. The number of fused-ring (bicyclic) bond motifs is 2. The van der Waals surface area contributed by atoms with Crippen LogP contribution in [0, 0.1) is 0 Å². The first-order valence-corrected chi connectivity index (χ1v) is 11.8. The average Bonchev–Trinajstić information content (AvgIpc) is 2.90. The Bertz CT molecular complexity index is 1230. The van der Waals surface area contributed by atoms with Gasteiger partial charge in [-0.05, 0) is 73.4 Å². The van der Waals surface area contributed by atoms with Crippen LogP contribution in [0.2, 0.25) is 0 Å². The standard InChI is InChI=1S/C28H28N2O5/c1-33-24-16-21-22(17-25(24)34-2)28(32)30-15-7-6-10-23(30)26(21)27(31)29-18-11-13-20(14-12-18)35-19-8-4-3-5-9-19/h3-5,8-9,11-14,16-17,23,26H,6-7,10,15H2,1-2H3,(H,29,31). The molecule has 1 N–H and O–H groups in total. The van der Waals surface area contributed by atoms with Gasteiger partial charge in [0.1, 0.15) is 11.5 Å². The predicted molar refractivity (Wildman–Crippen MR) is 133 cm³/mol. The zero-order valence-electron chi connectivity index (χ0n) is 19.8. The predicted octanol–water partition coefficient (Wildman–Crippen LogP) is 5.23. The molecular formula is C28H28N2O5. The summed E-state index contributed by atoms with van der Waals surface area (Å²) in [5, 5.41) is 3.05. The van der Waals surface area contributed by atoms with Crippen molar-refractivity contribution in [3.63, 3.8) is 0 Å². The Kier molecular flexibility index (Phi) is 6.31. The van der Waals surface area contributed by atoms with Crippen molar-refractivity contribution in [3.05, 3.63) is 77.9 Å². The van der Waals surface area contributed by atoms with Crippen molar-refractivity contribution in [1.82, 2.24) is 4.90 Å². The van der Waals surface area contributed by atoms with E-state index < -0.39 is 5.92 Å². The summed E-state index contributed by atoms with van der Waals surface area (Å²) in [6, 6.07) is 20.1. The van der Waals surface area contributed by atoms with Gasteiger partial charge >= 0.3 is 0 Å². The summed E-state index contributed by atoms with van der Waals surface area (Å²) in [4.78, 5) is 28.8. The number of methoxy groups -OCH3 is 2. The van der Waals surface area contributed by atoms with Crippen molar-refractivity contribution in [3.8, 4) is 23.0 Å². The van der Waals surface area contributed by atoms with Crippen molar-refractivity contribution in [2.24, 2.45) is 0 Å². The lowest BCUT2D eigenvalue weighted by Crippen LogP contribution is -2.53. The number of carbonyl (C=O) groups excluding carboxylic acids is 2. The van der Waals surface area contributed by atoms with E-state index in [0.717, 1.165) is 25.0 Å². The first kappa shape index (κ1) is 22.8. The molecule has 3 aromatic rings. The van der Waals surface area contributed by atoms with Crippen LogP contribution in [0.5, 0.6) is 23.0 Å². The third-order valence-corrected chi connectivity index (χ3v) is 6.70. The Hall–Kier alpha value is -4.00. The van der Waals surface area contributed by atoms with Gasteiger partial charge in [-0.1, -0.05) is 18.2 Å². The molecule has 2 amide bonds. The molecule has 5 rings (SSSR count). The van der Waals surface area contributed by atoms with Gasteiger partial charge in [0.15, 0.2) is 11.5 Å². The zero-order valence-corrected chi connectivity index (χ0v) is 19.8. The molecule has 0 spiro atoms. The fourth-order valence-corrected chi connectivity index (χ4v) is 5.02. The van der Waals surface area contributed by atoms with Crippen LogP contribution >= 0.6 is 0 Å². The Morgan fingerprint density at radius 2 is 1.60 bits per heavy atom. The number of rotatable bonds is 6. The summed E-state index contributed by atoms with van der Waals surface area (Å²) in [7, 11) is 3.09. The molecule has 2 aliphatic heterocycles. The molecule has 0 aliphatic carbocycles. The normalized spacial score (nSPS) is 18.8. The summed E-state index contributed by atoms with van der Waals surface area (Å²) in [6.45, 7) is 0.645. The lowest BCUT2D eigenvalue weighted by Gasteiger charge is -2.44. The van der Waals surface area contributed by atoms with Crippen molar-refractivity contribution in [1.29, 1.82) is 0 Å². The number of nitrogens with zero attached hydrogens (tertiary/aromatic N) is 1. The van der Waals surface area contributed by atoms with E-state index >= 15 is 0 Å². The van der Waals surface area contributed by atoms with Crippen molar-refractivity contribution < 1.29 is 23.8 Å². The molecule has 0 radical (unpaired) electrons. The molecule has 35 heavy (non-hydrogen) atoms. The van der Waals surface area contributed by atoms with Crippen molar-refractivity contribution in [2.45, 2.75) is 31.2 Å². The van der Waals surface area contributed by atoms with E-state index in [2.05, 4.69) is 5.32 Å². The molecule has 1 fully saturated rings. The van der Waals surface area contributed by atoms with E-state index in [9.17, 15) is 9.59 Å². The van der Waals surface area contributed by atoms with Crippen LogP contribution in [0.1, 0.15) is 41.1 Å². The van der Waals surface area contributed by atoms with Crippen LogP contribution in [0.25, 0.3) is 0 Å². The second kappa shape index (κ2) is 9.70. The highest BCUT2D eigenvalue weighted by Crippen LogP contribution is 2.43. The maximum Gasteiger partial charge on any atom is 0.254 e. The highest BCUT2D eigenvalue weighted by Gasteiger charge is 2.45. The number of benzene rings is 3. The molecule has 0 saturated carbocycles. The van der Waals surface area contributed by atoms with Crippen LogP contribution in [0.4, 0.5) is 5.69 Å². The molecule has 2 atom stereocenters. The molecular weight excluding hydrogens is 444 g/mol. The number of carbonyl (C=O) groups is 2. The Morgan fingerprint density at radius 1 is 0.914 bits per heavy atom. The minimum Gasteiger partial charge on any atom is -0.493 e. The highest BCUT2D eigenvalue weighted by molar-refractivity contribution is 6.05. The Morgan fingerprint density at radius 3 is 2.31 bits per heavy atom. The summed E-state index contributed by atoms with van der Waals surface area (Å²) >= 11 is 0. The number of hydrogen-bond acceptors (Lipinski definition) is 5.